The minimum Gasteiger partial charge on any atom is -0.404 e. The van der Waals surface area contributed by atoms with E-state index in [1.807, 2.05) is 0 Å². The quantitative estimate of drug-likeness (QED) is 0.850. The Kier molecular flexibility index (Phi) is 4.44. The van der Waals surface area contributed by atoms with E-state index in [0.717, 1.165) is 35.4 Å². The highest BCUT2D eigenvalue weighted by molar-refractivity contribution is 6.09. The third kappa shape index (κ3) is 2.99. The second-order valence-corrected chi connectivity index (χ2v) is 5.54. The lowest BCUT2D eigenvalue weighted by molar-refractivity contribution is 0.460. The van der Waals surface area contributed by atoms with Crippen molar-refractivity contribution in [3.63, 3.8) is 0 Å². The van der Waals surface area contributed by atoms with Gasteiger partial charge in [0.15, 0.2) is 0 Å². The fraction of sp³-hybridized carbons (Fsp3) is 0.353. The lowest BCUT2D eigenvalue weighted by atomic mass is 9.90. The first kappa shape index (κ1) is 14.7. The molecule has 1 aromatic heterocycles. The van der Waals surface area contributed by atoms with Gasteiger partial charge in [-0.1, -0.05) is 6.07 Å². The number of nitrogens with one attached hydrogen (secondary N) is 1. The Hall–Kier alpha value is -2.27. The lowest BCUT2D eigenvalue weighted by Gasteiger charge is -2.23. The third-order valence-electron chi connectivity index (χ3n) is 4.12. The Morgan fingerprint density at radius 3 is 2.86 bits per heavy atom. The number of aliphatic imine (C=N–C) groups is 1. The van der Waals surface area contributed by atoms with Gasteiger partial charge in [-0.05, 0) is 49.5 Å². The number of fused-ring (bicyclic) bond motifs is 1. The predicted molar refractivity (Wildman–Crippen MR) is 91.0 cm³/mol. The highest BCUT2D eigenvalue weighted by Gasteiger charge is 2.15. The second kappa shape index (κ2) is 6.66. The highest BCUT2D eigenvalue weighted by atomic mass is 14.9. The number of nitrogens with two attached hydrogens (primary N) is 1. The molecule has 3 rings (SSSR count). The molecule has 1 aliphatic rings. The molecular weight excluding hydrogens is 274 g/mol. The fourth-order valence-corrected chi connectivity index (χ4v) is 2.91. The molecule has 114 valence electrons. The van der Waals surface area contributed by atoms with E-state index in [4.69, 9.17) is 5.73 Å². The van der Waals surface area contributed by atoms with E-state index in [0.29, 0.717) is 5.92 Å². The van der Waals surface area contributed by atoms with Crippen molar-refractivity contribution >= 4 is 22.8 Å². The summed E-state index contributed by atoms with van der Waals surface area (Å²) in [6.45, 7) is 2.18. The van der Waals surface area contributed by atoms with Gasteiger partial charge in [0, 0.05) is 25.0 Å². The zero-order valence-corrected chi connectivity index (χ0v) is 12.8. The van der Waals surface area contributed by atoms with Crippen molar-refractivity contribution in [3.05, 3.63) is 41.9 Å². The molecule has 0 unspecified atom stereocenters. The smallest absolute Gasteiger partial charge is 0.0922 e. The van der Waals surface area contributed by atoms with Crippen molar-refractivity contribution in [1.29, 1.82) is 0 Å². The van der Waals surface area contributed by atoms with Gasteiger partial charge in [0.25, 0.3) is 0 Å². The minimum atomic E-state index is 0.624. The molecule has 1 aliphatic heterocycles. The van der Waals surface area contributed by atoms with Gasteiger partial charge in [0.05, 0.1) is 22.9 Å². The van der Waals surface area contributed by atoms with Crippen LogP contribution in [0.3, 0.4) is 0 Å². The number of allylic oxidation sites excluding steroid dienone is 1. The molecule has 0 bridgehead atoms. The van der Waals surface area contributed by atoms with Gasteiger partial charge in [0.1, 0.15) is 0 Å². The molecule has 1 fully saturated rings. The number of benzene rings is 1. The molecule has 2 heterocycles. The lowest BCUT2D eigenvalue weighted by Crippen LogP contribution is -2.26. The fourth-order valence-electron chi connectivity index (χ4n) is 2.91. The summed E-state index contributed by atoms with van der Waals surface area (Å²) in [5.41, 5.74) is 10.3. The number of hydrogen-bond donors (Lipinski definition) is 2. The Balaban J connectivity index is 1.94. The molecule has 22 heavy (non-hydrogen) atoms. The van der Waals surface area contributed by atoms with Crippen molar-refractivity contribution in [2.24, 2.45) is 10.7 Å². The maximum Gasteiger partial charge on any atom is 0.0922 e. The molecule has 0 amide bonds. The zero-order chi connectivity index (χ0) is 15.4. The largest absolute Gasteiger partial charge is 0.404 e. The van der Waals surface area contributed by atoms with Gasteiger partial charge >= 0.3 is 0 Å². The Morgan fingerprint density at radius 1 is 1.32 bits per heavy atom. The SMILES string of the molecule is CN=CC(=CN)c1cnc2cc(C3CCNCC3)ccc2n1. The van der Waals surface area contributed by atoms with Crippen LogP contribution in [0.15, 0.2) is 35.6 Å². The molecule has 0 radical (unpaired) electrons. The molecule has 5 nitrogen and oxygen atoms in total. The first-order valence-electron chi connectivity index (χ1n) is 7.63. The number of hydrogen-bond acceptors (Lipinski definition) is 5. The molecule has 0 saturated carbocycles. The van der Waals surface area contributed by atoms with Crippen LogP contribution in [0.2, 0.25) is 0 Å². The molecule has 1 aromatic carbocycles. The molecule has 0 spiro atoms. The third-order valence-corrected chi connectivity index (χ3v) is 4.12. The van der Waals surface area contributed by atoms with E-state index >= 15 is 0 Å². The van der Waals surface area contributed by atoms with Crippen molar-refractivity contribution in [2.75, 3.05) is 20.1 Å². The molecule has 1 saturated heterocycles. The van der Waals surface area contributed by atoms with E-state index in [1.165, 1.54) is 24.6 Å². The standard InChI is InChI=1S/C17H21N5/c1-19-10-14(9-18)17-11-21-16-8-13(2-3-15(16)22-17)12-4-6-20-7-5-12/h2-3,8-12,20H,4-7,18H2,1H3. The van der Waals surface area contributed by atoms with Crippen molar-refractivity contribution in [2.45, 2.75) is 18.8 Å². The van der Waals surface area contributed by atoms with Crippen LogP contribution in [0.4, 0.5) is 0 Å². The molecule has 0 aliphatic carbocycles. The average Bonchev–Trinajstić information content (AvgIpc) is 2.59. The maximum atomic E-state index is 5.63. The summed E-state index contributed by atoms with van der Waals surface area (Å²) in [7, 11) is 1.71. The highest BCUT2D eigenvalue weighted by Crippen LogP contribution is 2.27. The Bertz CT molecular complexity index is 714. The van der Waals surface area contributed by atoms with Gasteiger partial charge in [-0.15, -0.1) is 0 Å². The number of nitrogens with zero attached hydrogens (tertiary/aromatic N) is 3. The van der Waals surface area contributed by atoms with Crippen LogP contribution in [0.5, 0.6) is 0 Å². The van der Waals surface area contributed by atoms with E-state index in [-0.39, 0.29) is 0 Å². The van der Waals surface area contributed by atoms with E-state index in [1.54, 1.807) is 19.5 Å². The number of rotatable bonds is 3. The summed E-state index contributed by atoms with van der Waals surface area (Å²) < 4.78 is 0. The van der Waals surface area contributed by atoms with Crippen LogP contribution in [0.25, 0.3) is 16.6 Å². The van der Waals surface area contributed by atoms with E-state index in [2.05, 4.69) is 38.5 Å². The summed E-state index contributed by atoms with van der Waals surface area (Å²) in [5, 5.41) is 3.40. The van der Waals surface area contributed by atoms with Crippen LogP contribution in [0.1, 0.15) is 30.0 Å². The Morgan fingerprint density at radius 2 is 2.14 bits per heavy atom. The van der Waals surface area contributed by atoms with Crippen LogP contribution >= 0.6 is 0 Å². The topological polar surface area (TPSA) is 76.2 Å². The van der Waals surface area contributed by atoms with E-state index < -0.39 is 0 Å². The summed E-state index contributed by atoms with van der Waals surface area (Å²) in [6.07, 6.45) is 7.33. The minimum absolute atomic E-state index is 0.624. The van der Waals surface area contributed by atoms with Gasteiger partial charge in [-0.25, -0.2) is 4.98 Å². The Labute approximate surface area is 130 Å². The van der Waals surface area contributed by atoms with Gasteiger partial charge in [-0.3, -0.25) is 9.98 Å². The van der Waals surface area contributed by atoms with Crippen LogP contribution in [-0.4, -0.2) is 36.3 Å². The van der Waals surface area contributed by atoms with Crippen LogP contribution in [0, 0.1) is 0 Å². The maximum absolute atomic E-state index is 5.63. The summed E-state index contributed by atoms with van der Waals surface area (Å²) in [6, 6.07) is 6.40. The first-order valence-corrected chi connectivity index (χ1v) is 7.63. The van der Waals surface area contributed by atoms with Gasteiger partial charge in [-0.2, -0.15) is 0 Å². The first-order chi connectivity index (χ1) is 10.8. The zero-order valence-electron chi connectivity index (χ0n) is 12.8. The molecule has 3 N–H and O–H groups in total. The normalized spacial score (nSPS) is 17.4. The molecule has 5 heteroatoms. The molecule has 0 atom stereocenters. The van der Waals surface area contributed by atoms with Crippen molar-refractivity contribution < 1.29 is 0 Å². The van der Waals surface area contributed by atoms with E-state index in [9.17, 15) is 0 Å². The van der Waals surface area contributed by atoms with Gasteiger partial charge < -0.3 is 11.1 Å². The van der Waals surface area contributed by atoms with Crippen molar-refractivity contribution in [1.82, 2.24) is 15.3 Å². The number of aromatic nitrogens is 2. The monoisotopic (exact) mass is 295 g/mol. The average molecular weight is 295 g/mol. The number of piperidine rings is 1. The molecular formula is C17H21N5. The second-order valence-electron chi connectivity index (χ2n) is 5.54. The summed E-state index contributed by atoms with van der Waals surface area (Å²) in [5.74, 6) is 0.624. The van der Waals surface area contributed by atoms with Crippen molar-refractivity contribution in [3.8, 4) is 0 Å². The predicted octanol–water partition coefficient (Wildman–Crippen LogP) is 2.10. The summed E-state index contributed by atoms with van der Waals surface area (Å²) >= 11 is 0. The summed E-state index contributed by atoms with van der Waals surface area (Å²) in [4.78, 5) is 13.2. The van der Waals surface area contributed by atoms with Crippen LogP contribution in [-0.2, 0) is 0 Å². The molecule has 2 aromatic rings. The van der Waals surface area contributed by atoms with Crippen LogP contribution < -0.4 is 11.1 Å². The van der Waals surface area contributed by atoms with Gasteiger partial charge in [0.2, 0.25) is 0 Å².